The molecule has 0 saturated carbocycles. The summed E-state index contributed by atoms with van der Waals surface area (Å²) in [5.41, 5.74) is 0. The summed E-state index contributed by atoms with van der Waals surface area (Å²) in [6.45, 7) is 0. The Labute approximate surface area is 129 Å². The van der Waals surface area contributed by atoms with Crippen LogP contribution in [0.5, 0.6) is 0 Å². The molecule has 98 valence electrons. The van der Waals surface area contributed by atoms with E-state index in [1.54, 1.807) is 0 Å². The molecule has 0 fully saturated rings. The van der Waals surface area contributed by atoms with Crippen LogP contribution < -0.4 is 0 Å². The van der Waals surface area contributed by atoms with E-state index in [4.69, 9.17) is 69.6 Å². The molecule has 0 bridgehead atoms. The molecule has 0 atom stereocenters. The molecule has 0 aliphatic rings. The molecule has 0 N–H and O–H groups in total. The van der Waals surface area contributed by atoms with Crippen molar-refractivity contribution in [3.05, 3.63) is 0 Å². The molecule has 0 saturated heterocycles. The third-order valence-corrected chi connectivity index (χ3v) is 5.97. The first-order chi connectivity index (χ1) is 7.41. The second-order valence-electron chi connectivity index (χ2n) is 3.38. The third-order valence-electron chi connectivity index (χ3n) is 1.99. The van der Waals surface area contributed by atoms with E-state index in [1.165, 1.54) is 0 Å². The maximum absolute atomic E-state index is 5.72. The van der Waals surface area contributed by atoms with Gasteiger partial charge in [0.15, 0.2) is 0 Å². The van der Waals surface area contributed by atoms with Gasteiger partial charge in [-0.2, -0.15) is 0 Å². The van der Waals surface area contributed by atoms with Crippen molar-refractivity contribution in [2.24, 2.45) is 0 Å². The number of rotatable bonds is 9. The molecule has 0 heterocycles. The lowest BCUT2D eigenvalue weighted by atomic mass is 10.5. The van der Waals surface area contributed by atoms with Crippen LogP contribution >= 0.6 is 77.5 Å². The van der Waals surface area contributed by atoms with E-state index >= 15 is 0 Å². The van der Waals surface area contributed by atoms with E-state index < -0.39 is 0 Å². The van der Waals surface area contributed by atoms with E-state index in [2.05, 4.69) is 0 Å². The van der Waals surface area contributed by atoms with Gasteiger partial charge in [0.1, 0.15) is 14.5 Å². The Balaban J connectivity index is 3.85. The monoisotopic (exact) mass is 364 g/mol. The van der Waals surface area contributed by atoms with Crippen LogP contribution in [0, 0.1) is 0 Å². The van der Waals surface area contributed by atoms with Crippen LogP contribution in [0.3, 0.4) is 0 Å². The summed E-state index contributed by atoms with van der Waals surface area (Å²) in [4.78, 5) is -0.887. The van der Waals surface area contributed by atoms with Crippen molar-refractivity contribution in [2.45, 2.75) is 33.8 Å². The van der Waals surface area contributed by atoms with E-state index in [-0.39, 0.29) is 22.4 Å². The Morgan fingerprint density at radius 1 is 0.562 bits per heavy atom. The van der Waals surface area contributed by atoms with Gasteiger partial charge >= 0.3 is 0 Å². The van der Waals surface area contributed by atoms with Crippen LogP contribution in [-0.4, -0.2) is 33.0 Å². The summed E-state index contributed by atoms with van der Waals surface area (Å²) in [7, 11) is -0.165. The molecular weight excluding hydrogens is 352 g/mol. The number of hydrogen-bond acceptors (Lipinski definition) is 0. The predicted molar refractivity (Wildman–Crippen MR) is 81.9 cm³/mol. The molecule has 0 aromatic rings. The van der Waals surface area contributed by atoms with Gasteiger partial charge in [-0.1, -0.05) is 0 Å². The highest BCUT2D eigenvalue weighted by atomic mass is 35.5. The van der Waals surface area contributed by atoms with Gasteiger partial charge in [-0.3, -0.25) is 0 Å². The summed E-state index contributed by atoms with van der Waals surface area (Å²) in [5.74, 6) is 0. The van der Waals surface area contributed by atoms with E-state index in [1.807, 2.05) is 0 Å². The molecule has 0 spiro atoms. The molecular formula is C9H15Cl6P. The first kappa shape index (κ1) is 18.2. The van der Waals surface area contributed by atoms with Crippen LogP contribution in [0.15, 0.2) is 0 Å². The fourth-order valence-electron chi connectivity index (χ4n) is 1.18. The van der Waals surface area contributed by atoms with Crippen molar-refractivity contribution in [2.75, 3.05) is 18.5 Å². The molecule has 0 amide bonds. The lowest BCUT2D eigenvalue weighted by Crippen LogP contribution is -2.03. The van der Waals surface area contributed by atoms with Gasteiger partial charge in [-0.25, -0.2) is 0 Å². The van der Waals surface area contributed by atoms with Gasteiger partial charge in [0, 0.05) is 0 Å². The Kier molecular flexibility index (Phi) is 12.5. The lowest BCUT2D eigenvalue weighted by molar-refractivity contribution is 0.976. The first-order valence-electron chi connectivity index (χ1n) is 4.98. The molecule has 0 aromatic heterocycles. The zero-order valence-corrected chi connectivity index (χ0v) is 14.1. The lowest BCUT2D eigenvalue weighted by Gasteiger charge is -2.18. The number of hydrogen-bond donors (Lipinski definition) is 0. The minimum absolute atomic E-state index is 0.165. The first-order valence-corrected chi connectivity index (χ1v) is 9.50. The second kappa shape index (κ2) is 11.0. The molecule has 16 heavy (non-hydrogen) atoms. The standard InChI is InChI=1S/C9H15Cl6P/c10-7(11)1-4-16(5-2-8(12)13)6-3-9(14)15/h7-9H,1-6H2. The molecule has 7 heteroatoms. The molecule has 0 unspecified atom stereocenters. The van der Waals surface area contributed by atoms with Crippen LogP contribution in [0.4, 0.5) is 0 Å². The van der Waals surface area contributed by atoms with Crippen LogP contribution in [0.2, 0.25) is 0 Å². The predicted octanol–water partition coefficient (Wildman–Crippen LogP) is 6.05. The largest absolute Gasteiger partial charge is 0.108 e. The second-order valence-corrected chi connectivity index (χ2v) is 9.90. The SMILES string of the molecule is ClC(Cl)CCP(CCC(Cl)Cl)CCC(Cl)Cl. The van der Waals surface area contributed by atoms with Gasteiger partial charge in [-0.05, 0) is 37.7 Å². The zero-order valence-electron chi connectivity index (χ0n) is 8.69. The third kappa shape index (κ3) is 12.6. The Morgan fingerprint density at radius 3 is 1.00 bits per heavy atom. The normalized spacial score (nSPS) is 12.4. The van der Waals surface area contributed by atoms with Crippen molar-refractivity contribution in [3.8, 4) is 0 Å². The molecule has 0 rings (SSSR count). The molecule has 0 nitrogen and oxygen atoms in total. The van der Waals surface area contributed by atoms with E-state index in [0.29, 0.717) is 0 Å². The average Bonchev–Trinajstić information content (AvgIpc) is 2.15. The van der Waals surface area contributed by atoms with Crippen LogP contribution in [-0.2, 0) is 0 Å². The summed E-state index contributed by atoms with van der Waals surface area (Å²) in [5, 5.41) is 0. The molecule has 0 aromatic carbocycles. The minimum atomic E-state index is -0.296. The van der Waals surface area contributed by atoms with Crippen molar-refractivity contribution >= 4 is 77.5 Å². The Morgan fingerprint density at radius 2 is 0.812 bits per heavy atom. The summed E-state index contributed by atoms with van der Waals surface area (Å²) in [6.07, 6.45) is 5.48. The van der Waals surface area contributed by atoms with Crippen LogP contribution in [0.25, 0.3) is 0 Å². The molecule has 0 radical (unpaired) electrons. The van der Waals surface area contributed by atoms with E-state index in [9.17, 15) is 0 Å². The average molecular weight is 367 g/mol. The highest BCUT2D eigenvalue weighted by Crippen LogP contribution is 2.40. The minimum Gasteiger partial charge on any atom is -0.106 e. The van der Waals surface area contributed by atoms with Gasteiger partial charge in [-0.15, -0.1) is 77.5 Å². The fraction of sp³-hybridized carbons (Fsp3) is 1.00. The van der Waals surface area contributed by atoms with Crippen molar-refractivity contribution in [3.63, 3.8) is 0 Å². The zero-order chi connectivity index (χ0) is 12.6. The number of alkyl halides is 6. The highest BCUT2D eigenvalue weighted by Gasteiger charge is 2.13. The number of halogens is 6. The van der Waals surface area contributed by atoms with Crippen molar-refractivity contribution < 1.29 is 0 Å². The Bertz CT molecular complexity index is 136. The maximum atomic E-state index is 5.72. The summed E-state index contributed by atoms with van der Waals surface area (Å²) in [6, 6.07) is 0. The van der Waals surface area contributed by atoms with Gasteiger partial charge in [0.05, 0.1) is 0 Å². The van der Waals surface area contributed by atoms with Crippen molar-refractivity contribution in [1.29, 1.82) is 0 Å². The molecule has 0 aliphatic heterocycles. The van der Waals surface area contributed by atoms with Gasteiger partial charge in [0.25, 0.3) is 0 Å². The van der Waals surface area contributed by atoms with E-state index in [0.717, 1.165) is 37.7 Å². The fourth-order valence-corrected chi connectivity index (χ4v) is 5.28. The maximum Gasteiger partial charge on any atom is 0.108 e. The summed E-state index contributed by atoms with van der Waals surface area (Å²) < 4.78 is 0. The van der Waals surface area contributed by atoms with Gasteiger partial charge < -0.3 is 0 Å². The van der Waals surface area contributed by atoms with Gasteiger partial charge in [0.2, 0.25) is 0 Å². The smallest absolute Gasteiger partial charge is 0.106 e. The Hall–Kier alpha value is 2.17. The molecule has 0 aliphatic carbocycles. The van der Waals surface area contributed by atoms with Crippen molar-refractivity contribution in [1.82, 2.24) is 0 Å². The van der Waals surface area contributed by atoms with Crippen LogP contribution in [0.1, 0.15) is 19.3 Å². The summed E-state index contributed by atoms with van der Waals surface area (Å²) >= 11 is 34.3. The quantitative estimate of drug-likeness (QED) is 0.344. The highest BCUT2D eigenvalue weighted by molar-refractivity contribution is 7.57. The topological polar surface area (TPSA) is 0 Å².